The van der Waals surface area contributed by atoms with Gasteiger partial charge in [-0.2, -0.15) is 0 Å². The van der Waals surface area contributed by atoms with Gasteiger partial charge in [0.15, 0.2) is 0 Å². The van der Waals surface area contributed by atoms with Crippen molar-refractivity contribution < 1.29 is 8.53 Å². The van der Waals surface area contributed by atoms with Crippen molar-refractivity contribution >= 4 is 8.65 Å². The molecule has 7 heavy (non-hydrogen) atoms. The Hall–Kier alpha value is 0.107. The molecular formula is C4H11FOSi. The lowest BCUT2D eigenvalue weighted by Gasteiger charge is -2.09. The van der Waals surface area contributed by atoms with Crippen molar-refractivity contribution in [3.8, 4) is 0 Å². The third-order valence-electron chi connectivity index (χ3n) is 1.06. The Balaban J connectivity index is 3.36. The standard InChI is InChI=1S/C4H11FOSi/c1-4-7(3,5)6-2/h4H2,1-3H3. The summed E-state index contributed by atoms with van der Waals surface area (Å²) in [5.74, 6) is 0. The van der Waals surface area contributed by atoms with Crippen LogP contribution in [0, 0.1) is 0 Å². The Morgan fingerprint density at radius 3 is 2.14 bits per heavy atom. The van der Waals surface area contributed by atoms with E-state index in [2.05, 4.69) is 4.43 Å². The predicted octanol–water partition coefficient (Wildman–Crippen LogP) is 1.69. The molecule has 0 N–H and O–H groups in total. The van der Waals surface area contributed by atoms with Gasteiger partial charge in [0.2, 0.25) is 0 Å². The Kier molecular flexibility index (Phi) is 2.46. The first kappa shape index (κ1) is 7.11. The van der Waals surface area contributed by atoms with Crippen molar-refractivity contribution in [3.05, 3.63) is 0 Å². The van der Waals surface area contributed by atoms with Gasteiger partial charge in [-0.25, -0.2) is 0 Å². The number of hydrogen-bond donors (Lipinski definition) is 0. The quantitative estimate of drug-likeness (QED) is 0.400. The molecule has 0 aliphatic heterocycles. The maximum absolute atomic E-state index is 12.5. The minimum atomic E-state index is -2.65. The molecule has 0 saturated heterocycles. The van der Waals surface area contributed by atoms with Crippen LogP contribution in [0.15, 0.2) is 0 Å². The van der Waals surface area contributed by atoms with Crippen LogP contribution >= 0.6 is 0 Å². The summed E-state index contributed by atoms with van der Waals surface area (Å²) >= 11 is 0. The van der Waals surface area contributed by atoms with Crippen molar-refractivity contribution in [3.63, 3.8) is 0 Å². The third kappa shape index (κ3) is 2.76. The van der Waals surface area contributed by atoms with E-state index in [0.717, 1.165) is 0 Å². The average molecular weight is 122 g/mol. The highest BCUT2D eigenvalue weighted by atomic mass is 28.4. The lowest BCUT2D eigenvalue weighted by atomic mass is 11.0. The van der Waals surface area contributed by atoms with Crippen molar-refractivity contribution in [1.29, 1.82) is 0 Å². The van der Waals surface area contributed by atoms with Gasteiger partial charge in [-0.3, -0.25) is 4.11 Å². The molecule has 0 amide bonds. The zero-order chi connectivity index (χ0) is 5.91. The predicted molar refractivity (Wildman–Crippen MR) is 30.2 cm³/mol. The van der Waals surface area contributed by atoms with E-state index < -0.39 is 8.65 Å². The van der Waals surface area contributed by atoms with Crippen LogP contribution in [-0.2, 0) is 4.43 Å². The highest BCUT2D eigenvalue weighted by Crippen LogP contribution is 2.08. The molecule has 0 aromatic heterocycles. The van der Waals surface area contributed by atoms with Crippen molar-refractivity contribution in [2.45, 2.75) is 19.5 Å². The van der Waals surface area contributed by atoms with Crippen LogP contribution in [0.4, 0.5) is 4.11 Å². The molecule has 3 heteroatoms. The number of hydrogen-bond acceptors (Lipinski definition) is 1. The number of halogens is 1. The summed E-state index contributed by atoms with van der Waals surface area (Å²) in [6, 6.07) is 0.545. The molecule has 0 saturated carbocycles. The monoisotopic (exact) mass is 122 g/mol. The van der Waals surface area contributed by atoms with Crippen molar-refractivity contribution in [1.82, 2.24) is 0 Å². The smallest absolute Gasteiger partial charge is 0.380 e. The SMILES string of the molecule is CC[Si](C)(F)OC. The van der Waals surface area contributed by atoms with E-state index in [-0.39, 0.29) is 0 Å². The van der Waals surface area contributed by atoms with Gasteiger partial charge < -0.3 is 4.43 Å². The largest absolute Gasteiger partial charge is 0.395 e. The van der Waals surface area contributed by atoms with Crippen LogP contribution in [0.25, 0.3) is 0 Å². The fourth-order valence-corrected chi connectivity index (χ4v) is 0.433. The maximum Gasteiger partial charge on any atom is 0.380 e. The van der Waals surface area contributed by atoms with Crippen molar-refractivity contribution in [2.75, 3.05) is 7.11 Å². The van der Waals surface area contributed by atoms with E-state index in [9.17, 15) is 4.11 Å². The van der Waals surface area contributed by atoms with Crippen LogP contribution in [0.3, 0.4) is 0 Å². The van der Waals surface area contributed by atoms with Gasteiger partial charge in [-0.15, -0.1) is 0 Å². The molecule has 0 aliphatic rings. The highest BCUT2D eigenvalue weighted by Gasteiger charge is 2.24. The Morgan fingerprint density at radius 1 is 1.71 bits per heavy atom. The molecular weight excluding hydrogens is 111 g/mol. The molecule has 0 aromatic carbocycles. The molecule has 1 unspecified atom stereocenters. The minimum Gasteiger partial charge on any atom is -0.395 e. The molecule has 0 aromatic rings. The molecule has 0 fully saturated rings. The lowest BCUT2D eigenvalue weighted by Crippen LogP contribution is -2.24. The fourth-order valence-electron chi connectivity index (χ4n) is 0.144. The van der Waals surface area contributed by atoms with Gasteiger partial charge in [0.25, 0.3) is 0 Å². The number of rotatable bonds is 2. The first-order valence-electron chi connectivity index (χ1n) is 2.36. The fraction of sp³-hybridized carbons (Fsp3) is 1.00. The van der Waals surface area contributed by atoms with Crippen molar-refractivity contribution in [2.24, 2.45) is 0 Å². The average Bonchev–Trinajstić information content (AvgIpc) is 1.68. The Morgan fingerprint density at radius 2 is 2.14 bits per heavy atom. The van der Waals surface area contributed by atoms with Crippen LogP contribution in [0.2, 0.25) is 12.6 Å². The molecule has 0 spiro atoms. The van der Waals surface area contributed by atoms with Gasteiger partial charge in [0.1, 0.15) is 0 Å². The lowest BCUT2D eigenvalue weighted by molar-refractivity contribution is 0.350. The normalized spacial score (nSPS) is 18.9. The summed E-state index contributed by atoms with van der Waals surface area (Å²) < 4.78 is 17.0. The minimum absolute atomic E-state index is 0.545. The van der Waals surface area contributed by atoms with Crippen LogP contribution in [-0.4, -0.2) is 15.8 Å². The van der Waals surface area contributed by atoms with Gasteiger partial charge in [0.05, 0.1) is 0 Å². The third-order valence-corrected chi connectivity index (χ3v) is 3.17. The van der Waals surface area contributed by atoms with E-state index in [1.54, 1.807) is 13.5 Å². The first-order chi connectivity index (χ1) is 3.12. The first-order valence-corrected chi connectivity index (χ1v) is 4.86. The topological polar surface area (TPSA) is 9.23 Å². The summed E-state index contributed by atoms with van der Waals surface area (Å²) in [6.45, 7) is 3.35. The molecule has 0 bridgehead atoms. The van der Waals surface area contributed by atoms with Gasteiger partial charge in [-0.1, -0.05) is 6.92 Å². The molecule has 0 aliphatic carbocycles. The molecule has 0 heterocycles. The second-order valence-electron chi connectivity index (χ2n) is 1.66. The van der Waals surface area contributed by atoms with E-state index in [1.165, 1.54) is 7.11 Å². The molecule has 0 rings (SSSR count). The Bertz CT molecular complexity index is 49.7. The van der Waals surface area contributed by atoms with Gasteiger partial charge in [-0.05, 0) is 12.6 Å². The van der Waals surface area contributed by atoms with E-state index in [1.807, 2.05) is 0 Å². The van der Waals surface area contributed by atoms with E-state index in [0.29, 0.717) is 6.04 Å². The molecule has 1 atom stereocenters. The van der Waals surface area contributed by atoms with E-state index >= 15 is 0 Å². The summed E-state index contributed by atoms with van der Waals surface area (Å²) in [4.78, 5) is 0. The second kappa shape index (κ2) is 2.42. The van der Waals surface area contributed by atoms with Crippen LogP contribution < -0.4 is 0 Å². The van der Waals surface area contributed by atoms with Gasteiger partial charge >= 0.3 is 8.65 Å². The van der Waals surface area contributed by atoms with Crippen LogP contribution in [0.5, 0.6) is 0 Å². The Labute approximate surface area is 44.8 Å². The van der Waals surface area contributed by atoms with Gasteiger partial charge in [0, 0.05) is 7.11 Å². The molecule has 1 nitrogen and oxygen atoms in total. The maximum atomic E-state index is 12.5. The second-order valence-corrected chi connectivity index (χ2v) is 4.98. The zero-order valence-corrected chi connectivity index (χ0v) is 5.99. The summed E-state index contributed by atoms with van der Waals surface area (Å²) in [5.41, 5.74) is 0. The zero-order valence-electron chi connectivity index (χ0n) is 4.99. The summed E-state index contributed by atoms with van der Waals surface area (Å²) in [7, 11) is -1.22. The highest BCUT2D eigenvalue weighted by molar-refractivity contribution is 6.65. The van der Waals surface area contributed by atoms with E-state index in [4.69, 9.17) is 0 Å². The summed E-state index contributed by atoms with van der Waals surface area (Å²) in [5, 5.41) is 0. The summed E-state index contributed by atoms with van der Waals surface area (Å²) in [6.07, 6.45) is 0. The van der Waals surface area contributed by atoms with Crippen LogP contribution in [0.1, 0.15) is 6.92 Å². The molecule has 44 valence electrons. The molecule has 0 radical (unpaired) electrons.